The molecule has 0 atom stereocenters. The Bertz CT molecular complexity index is 447. The fraction of sp³-hybridized carbons (Fsp3) is 0.333. The van der Waals surface area contributed by atoms with Crippen molar-refractivity contribution in [1.82, 2.24) is 4.98 Å². The third kappa shape index (κ3) is 3.51. The van der Waals surface area contributed by atoms with Crippen LogP contribution in [0.4, 0.5) is 23.2 Å². The molecule has 1 amide bonds. The van der Waals surface area contributed by atoms with Crippen LogP contribution in [0.1, 0.15) is 11.4 Å². The van der Waals surface area contributed by atoms with E-state index >= 15 is 0 Å². The van der Waals surface area contributed by atoms with Crippen molar-refractivity contribution in [3.05, 3.63) is 23.3 Å². The van der Waals surface area contributed by atoms with Crippen LogP contribution in [-0.2, 0) is 11.0 Å². The maximum atomic E-state index is 13.1. The Hall–Kier alpha value is -0.930. The van der Waals surface area contributed by atoms with Gasteiger partial charge in [0.15, 0.2) is 11.5 Å². The Morgan fingerprint density at radius 3 is 2.59 bits per heavy atom. The second-order valence-electron chi connectivity index (χ2n) is 3.13. The lowest BCUT2D eigenvalue weighted by molar-refractivity contribution is -0.143. The van der Waals surface area contributed by atoms with Gasteiger partial charge in [0.2, 0.25) is 5.91 Å². The Labute approximate surface area is 108 Å². The predicted octanol–water partition coefficient (Wildman–Crippen LogP) is 2.92. The molecule has 0 aliphatic heterocycles. The van der Waals surface area contributed by atoms with Gasteiger partial charge in [-0.2, -0.15) is 13.2 Å². The molecule has 0 radical (unpaired) electrons. The number of pyridine rings is 1. The lowest BCUT2D eigenvalue weighted by Crippen LogP contribution is -2.17. The molecule has 1 rings (SSSR count). The van der Waals surface area contributed by atoms with E-state index in [1.54, 1.807) is 22.6 Å². The third-order valence-corrected chi connectivity index (χ3v) is 2.52. The highest BCUT2D eigenvalue weighted by molar-refractivity contribution is 14.1. The Balaban J connectivity index is 3.14. The van der Waals surface area contributed by atoms with Gasteiger partial charge < -0.3 is 5.32 Å². The smallest absolute Gasteiger partial charge is 0.324 e. The number of alkyl halides is 4. The molecule has 0 unspecified atom stereocenters. The summed E-state index contributed by atoms with van der Waals surface area (Å²) in [5, 5.41) is 2.26. The van der Waals surface area contributed by atoms with Crippen LogP contribution in [0.2, 0.25) is 0 Å². The lowest BCUT2D eigenvalue weighted by Gasteiger charge is -2.11. The summed E-state index contributed by atoms with van der Waals surface area (Å²) in [5.41, 5.74) is -1.73. The number of anilines is 1. The number of hydrogen-bond acceptors (Lipinski definition) is 2. The molecular weight excluding hydrogens is 355 g/mol. The predicted molar refractivity (Wildman–Crippen MR) is 61.5 cm³/mol. The average Bonchev–Trinajstić information content (AvgIpc) is 2.21. The molecule has 0 saturated heterocycles. The summed E-state index contributed by atoms with van der Waals surface area (Å²) in [6.45, 7) is 1.26. The largest absolute Gasteiger partial charge is 0.436 e. The Morgan fingerprint density at radius 2 is 2.12 bits per heavy atom. The van der Waals surface area contributed by atoms with Gasteiger partial charge in [-0.1, -0.05) is 22.6 Å². The first-order valence-corrected chi connectivity index (χ1v) is 5.88. The maximum absolute atomic E-state index is 13.1. The number of aryl methyl sites for hydroxylation is 1. The molecule has 0 aromatic carbocycles. The molecule has 3 nitrogen and oxygen atoms in total. The minimum Gasteiger partial charge on any atom is -0.324 e. The minimum atomic E-state index is -4.85. The molecule has 0 aliphatic rings. The van der Waals surface area contributed by atoms with Gasteiger partial charge >= 0.3 is 6.18 Å². The van der Waals surface area contributed by atoms with Gasteiger partial charge in [0, 0.05) is 6.07 Å². The van der Waals surface area contributed by atoms with Crippen LogP contribution in [0.3, 0.4) is 0 Å². The van der Waals surface area contributed by atoms with Crippen molar-refractivity contribution in [2.24, 2.45) is 0 Å². The monoisotopic (exact) mass is 362 g/mol. The molecule has 0 saturated carbocycles. The highest BCUT2D eigenvalue weighted by atomic mass is 127. The van der Waals surface area contributed by atoms with Gasteiger partial charge in [0.1, 0.15) is 0 Å². The summed E-state index contributed by atoms with van der Waals surface area (Å²) in [7, 11) is 0. The zero-order chi connectivity index (χ0) is 13.2. The molecule has 1 aromatic rings. The highest BCUT2D eigenvalue weighted by Gasteiger charge is 2.36. The molecular formula is C9H7F4IN2O. The van der Waals surface area contributed by atoms with E-state index in [0.29, 0.717) is 6.07 Å². The molecule has 0 bridgehead atoms. The average molecular weight is 362 g/mol. The third-order valence-electron chi connectivity index (χ3n) is 1.83. The second kappa shape index (κ2) is 5.15. The van der Waals surface area contributed by atoms with Gasteiger partial charge in [0.05, 0.1) is 15.8 Å². The summed E-state index contributed by atoms with van der Waals surface area (Å²) in [6, 6.07) is 0.620. The van der Waals surface area contributed by atoms with Crippen LogP contribution in [0.5, 0.6) is 0 Å². The van der Waals surface area contributed by atoms with Crippen molar-refractivity contribution in [2.45, 2.75) is 13.1 Å². The number of carbonyl (C=O) groups is 1. The van der Waals surface area contributed by atoms with E-state index in [4.69, 9.17) is 0 Å². The van der Waals surface area contributed by atoms with Gasteiger partial charge in [-0.15, -0.1) is 0 Å². The number of carbonyl (C=O) groups excluding carboxylic acids is 1. The maximum Gasteiger partial charge on any atom is 0.436 e. The molecule has 0 spiro atoms. The van der Waals surface area contributed by atoms with Gasteiger partial charge in [-0.05, 0) is 6.92 Å². The van der Waals surface area contributed by atoms with Crippen LogP contribution >= 0.6 is 22.6 Å². The molecule has 1 heterocycles. The van der Waals surface area contributed by atoms with E-state index in [-0.39, 0.29) is 15.8 Å². The number of amides is 1. The Kier molecular flexibility index (Phi) is 4.28. The van der Waals surface area contributed by atoms with Crippen molar-refractivity contribution < 1.29 is 22.4 Å². The summed E-state index contributed by atoms with van der Waals surface area (Å²) in [4.78, 5) is 14.1. The van der Waals surface area contributed by atoms with Crippen molar-refractivity contribution in [2.75, 3.05) is 9.74 Å². The van der Waals surface area contributed by atoms with E-state index in [0.717, 1.165) is 0 Å². The summed E-state index contributed by atoms with van der Waals surface area (Å²) in [5.74, 6) is -1.94. The van der Waals surface area contributed by atoms with Crippen LogP contribution in [0.25, 0.3) is 0 Å². The zero-order valence-electron chi connectivity index (χ0n) is 8.53. The lowest BCUT2D eigenvalue weighted by atomic mass is 10.2. The van der Waals surface area contributed by atoms with Crippen LogP contribution in [0.15, 0.2) is 6.07 Å². The SMILES string of the molecule is Cc1nc(C(F)(F)F)c(F)cc1NC(=O)CI. The van der Waals surface area contributed by atoms with Crippen molar-refractivity contribution in [1.29, 1.82) is 0 Å². The second-order valence-corrected chi connectivity index (χ2v) is 3.89. The summed E-state index contributed by atoms with van der Waals surface area (Å²) in [6.07, 6.45) is -4.85. The first kappa shape index (κ1) is 14.1. The topological polar surface area (TPSA) is 42.0 Å². The number of nitrogens with zero attached hydrogens (tertiary/aromatic N) is 1. The zero-order valence-corrected chi connectivity index (χ0v) is 10.7. The normalized spacial score (nSPS) is 11.4. The van der Waals surface area contributed by atoms with Gasteiger partial charge in [0.25, 0.3) is 0 Å². The van der Waals surface area contributed by atoms with E-state index < -0.39 is 23.6 Å². The number of aromatic nitrogens is 1. The fourth-order valence-electron chi connectivity index (χ4n) is 1.09. The molecule has 1 aromatic heterocycles. The highest BCUT2D eigenvalue weighted by Crippen LogP contribution is 2.31. The Morgan fingerprint density at radius 1 is 1.53 bits per heavy atom. The van der Waals surface area contributed by atoms with E-state index in [9.17, 15) is 22.4 Å². The number of hydrogen-bond donors (Lipinski definition) is 1. The summed E-state index contributed by atoms with van der Waals surface area (Å²) < 4.78 is 50.1. The molecule has 94 valence electrons. The first-order valence-electron chi connectivity index (χ1n) is 4.36. The van der Waals surface area contributed by atoms with E-state index in [1.165, 1.54) is 6.92 Å². The standard InChI is InChI=1S/C9H7F4IN2O/c1-4-6(16-7(17)3-14)2-5(10)8(15-4)9(11,12)13/h2H,3H2,1H3,(H,16,17). The number of nitrogens with one attached hydrogen (secondary N) is 1. The number of halogens is 5. The van der Waals surface area contributed by atoms with E-state index in [2.05, 4.69) is 10.3 Å². The van der Waals surface area contributed by atoms with Crippen molar-refractivity contribution in [3.63, 3.8) is 0 Å². The number of rotatable bonds is 2. The first-order chi connectivity index (χ1) is 7.75. The van der Waals surface area contributed by atoms with Crippen LogP contribution in [-0.4, -0.2) is 15.3 Å². The minimum absolute atomic E-state index is 0.0582. The van der Waals surface area contributed by atoms with Gasteiger partial charge in [-0.3, -0.25) is 4.79 Å². The van der Waals surface area contributed by atoms with Crippen LogP contribution < -0.4 is 5.32 Å². The quantitative estimate of drug-likeness (QED) is 0.500. The molecule has 8 heteroatoms. The molecule has 0 aliphatic carbocycles. The van der Waals surface area contributed by atoms with Crippen molar-refractivity contribution >= 4 is 34.2 Å². The van der Waals surface area contributed by atoms with Gasteiger partial charge in [-0.25, -0.2) is 9.37 Å². The molecule has 0 fully saturated rings. The van der Waals surface area contributed by atoms with E-state index in [1.807, 2.05) is 0 Å². The van der Waals surface area contributed by atoms with Crippen molar-refractivity contribution in [3.8, 4) is 0 Å². The molecule has 17 heavy (non-hydrogen) atoms. The fourth-order valence-corrected chi connectivity index (χ4v) is 1.28. The summed E-state index contributed by atoms with van der Waals surface area (Å²) >= 11 is 1.77. The van der Waals surface area contributed by atoms with Crippen LogP contribution in [0, 0.1) is 12.7 Å². The molecule has 1 N–H and O–H groups in total.